The Labute approximate surface area is 112 Å². The summed E-state index contributed by atoms with van der Waals surface area (Å²) in [5, 5.41) is 0. The second-order valence-electron chi connectivity index (χ2n) is 5.62. The average Bonchev–Trinajstić information content (AvgIpc) is 2.66. The zero-order chi connectivity index (χ0) is 14.7. The Bertz CT molecular complexity index is 416. The molecule has 5 heteroatoms. The van der Waals surface area contributed by atoms with Crippen LogP contribution < -0.4 is 0 Å². The maximum atomic E-state index is 12.2. The summed E-state index contributed by atoms with van der Waals surface area (Å²) in [7, 11) is 0. The van der Waals surface area contributed by atoms with Gasteiger partial charge in [-0.15, -0.1) is 0 Å². The van der Waals surface area contributed by atoms with Gasteiger partial charge in [-0.3, -0.25) is 9.59 Å². The summed E-state index contributed by atoms with van der Waals surface area (Å²) in [6.45, 7) is 6.99. The van der Waals surface area contributed by atoms with Crippen molar-refractivity contribution in [1.29, 1.82) is 0 Å². The zero-order valence-electron chi connectivity index (χ0n) is 11.8. The summed E-state index contributed by atoms with van der Waals surface area (Å²) in [5.41, 5.74) is -1.83. The summed E-state index contributed by atoms with van der Waals surface area (Å²) < 4.78 is 10.6. The first-order valence-electron chi connectivity index (χ1n) is 6.24. The molecule has 0 saturated carbocycles. The van der Waals surface area contributed by atoms with Gasteiger partial charge in [0.1, 0.15) is 11.9 Å². The van der Waals surface area contributed by atoms with Gasteiger partial charge in [0, 0.05) is 12.8 Å². The van der Waals surface area contributed by atoms with Crippen molar-refractivity contribution in [2.75, 3.05) is 6.61 Å². The SMILES string of the molecule is C/C(C=O)=C/CC1(C(=O)OC(C)(C)C)OCCC1=O. The van der Waals surface area contributed by atoms with Gasteiger partial charge in [0.05, 0.1) is 6.61 Å². The van der Waals surface area contributed by atoms with E-state index in [0.29, 0.717) is 11.9 Å². The third kappa shape index (κ3) is 3.73. The second-order valence-corrected chi connectivity index (χ2v) is 5.62. The molecule has 1 saturated heterocycles. The maximum Gasteiger partial charge on any atom is 0.347 e. The topological polar surface area (TPSA) is 69.7 Å². The van der Waals surface area contributed by atoms with E-state index in [0.717, 1.165) is 0 Å². The van der Waals surface area contributed by atoms with E-state index in [-0.39, 0.29) is 25.2 Å². The lowest BCUT2D eigenvalue weighted by Crippen LogP contribution is -2.48. The molecule has 0 aromatic carbocycles. The smallest absolute Gasteiger partial charge is 0.347 e. The van der Waals surface area contributed by atoms with E-state index in [9.17, 15) is 14.4 Å². The van der Waals surface area contributed by atoms with E-state index >= 15 is 0 Å². The Hall–Kier alpha value is -1.49. The molecule has 1 atom stereocenters. The molecule has 1 aliphatic heterocycles. The number of carbonyl (C=O) groups is 3. The van der Waals surface area contributed by atoms with Gasteiger partial charge in [0.2, 0.25) is 5.60 Å². The van der Waals surface area contributed by atoms with Crippen LogP contribution in [0.15, 0.2) is 11.6 Å². The largest absolute Gasteiger partial charge is 0.457 e. The Morgan fingerprint density at radius 1 is 1.47 bits per heavy atom. The zero-order valence-corrected chi connectivity index (χ0v) is 11.8. The van der Waals surface area contributed by atoms with Crippen molar-refractivity contribution >= 4 is 18.0 Å². The van der Waals surface area contributed by atoms with Crippen LogP contribution in [0.3, 0.4) is 0 Å². The molecule has 19 heavy (non-hydrogen) atoms. The first-order valence-corrected chi connectivity index (χ1v) is 6.24. The van der Waals surface area contributed by atoms with E-state index in [1.807, 2.05) is 0 Å². The number of rotatable bonds is 4. The average molecular weight is 268 g/mol. The first-order chi connectivity index (χ1) is 8.71. The quantitative estimate of drug-likeness (QED) is 0.335. The number of ether oxygens (including phenoxy) is 2. The Morgan fingerprint density at radius 2 is 2.11 bits per heavy atom. The number of esters is 1. The lowest BCUT2D eigenvalue weighted by Gasteiger charge is -2.28. The molecule has 1 fully saturated rings. The van der Waals surface area contributed by atoms with E-state index in [1.54, 1.807) is 27.7 Å². The predicted octanol–water partition coefficient (Wildman–Crippen LogP) is 1.59. The molecule has 5 nitrogen and oxygen atoms in total. The van der Waals surface area contributed by atoms with Crippen LogP contribution in [0, 0.1) is 0 Å². The van der Waals surface area contributed by atoms with Gasteiger partial charge >= 0.3 is 5.97 Å². The van der Waals surface area contributed by atoms with Crippen LogP contribution in [0.1, 0.15) is 40.5 Å². The minimum Gasteiger partial charge on any atom is -0.457 e. The van der Waals surface area contributed by atoms with E-state index in [4.69, 9.17) is 9.47 Å². The standard InChI is InChI=1S/C14H20O5/c1-10(9-15)5-7-14(11(16)6-8-18-14)12(17)19-13(2,3)4/h5,9H,6-8H2,1-4H3/b10-5-. The van der Waals surface area contributed by atoms with Gasteiger partial charge in [-0.1, -0.05) is 6.08 Å². The van der Waals surface area contributed by atoms with E-state index in [2.05, 4.69) is 0 Å². The minimum atomic E-state index is -1.59. The lowest BCUT2D eigenvalue weighted by atomic mass is 9.93. The molecule has 0 bridgehead atoms. The fraction of sp³-hybridized carbons (Fsp3) is 0.643. The summed E-state index contributed by atoms with van der Waals surface area (Å²) >= 11 is 0. The maximum absolute atomic E-state index is 12.2. The van der Waals surface area contributed by atoms with E-state index < -0.39 is 17.2 Å². The molecular formula is C14H20O5. The van der Waals surface area contributed by atoms with Gasteiger partial charge in [-0.25, -0.2) is 4.79 Å². The van der Waals surface area contributed by atoms with Gasteiger partial charge in [-0.05, 0) is 33.3 Å². The summed E-state index contributed by atoms with van der Waals surface area (Å²) in [4.78, 5) is 34.8. The second kappa shape index (κ2) is 5.65. The van der Waals surface area contributed by atoms with Crippen molar-refractivity contribution in [2.45, 2.75) is 51.7 Å². The van der Waals surface area contributed by atoms with Crippen LogP contribution in [0.5, 0.6) is 0 Å². The summed E-state index contributed by atoms with van der Waals surface area (Å²) in [5.74, 6) is -0.978. The fourth-order valence-electron chi connectivity index (χ4n) is 1.74. The third-order valence-corrected chi connectivity index (χ3v) is 2.75. The van der Waals surface area contributed by atoms with Crippen LogP contribution in [-0.2, 0) is 23.9 Å². The number of Topliss-reactive ketones (excluding diaryl/α,β-unsaturated/α-hetero) is 1. The molecule has 1 unspecified atom stereocenters. The first kappa shape index (κ1) is 15.6. The third-order valence-electron chi connectivity index (χ3n) is 2.75. The highest BCUT2D eigenvalue weighted by atomic mass is 16.6. The predicted molar refractivity (Wildman–Crippen MR) is 68.6 cm³/mol. The number of ketones is 1. The monoisotopic (exact) mass is 268 g/mol. The summed E-state index contributed by atoms with van der Waals surface area (Å²) in [6, 6.07) is 0. The molecule has 0 aliphatic carbocycles. The molecule has 0 aromatic rings. The molecule has 106 valence electrons. The van der Waals surface area contributed by atoms with Crippen molar-refractivity contribution in [3.63, 3.8) is 0 Å². The molecule has 1 heterocycles. The van der Waals surface area contributed by atoms with Crippen molar-refractivity contribution in [2.24, 2.45) is 0 Å². The molecule has 0 spiro atoms. The van der Waals surface area contributed by atoms with Gasteiger partial charge < -0.3 is 9.47 Å². The van der Waals surface area contributed by atoms with Gasteiger partial charge in [-0.2, -0.15) is 0 Å². The fourth-order valence-corrected chi connectivity index (χ4v) is 1.74. The number of allylic oxidation sites excluding steroid dienone is 1. The molecule has 0 amide bonds. The van der Waals surface area contributed by atoms with Crippen LogP contribution in [0.25, 0.3) is 0 Å². The number of carbonyl (C=O) groups excluding carboxylic acids is 3. The Kier molecular flexibility index (Phi) is 4.63. The summed E-state index contributed by atoms with van der Waals surface area (Å²) in [6.07, 6.45) is 2.42. The molecule has 0 radical (unpaired) electrons. The van der Waals surface area contributed by atoms with Crippen molar-refractivity contribution < 1.29 is 23.9 Å². The Morgan fingerprint density at radius 3 is 2.53 bits per heavy atom. The minimum absolute atomic E-state index is 0.0331. The molecule has 0 N–H and O–H groups in total. The highest BCUT2D eigenvalue weighted by Gasteiger charge is 2.51. The normalized spacial score (nSPS) is 24.4. The molecule has 1 aliphatic rings. The van der Waals surface area contributed by atoms with Crippen LogP contribution in [0.2, 0.25) is 0 Å². The highest BCUT2D eigenvalue weighted by Crippen LogP contribution is 2.30. The molecule has 0 aromatic heterocycles. The van der Waals surface area contributed by atoms with E-state index in [1.165, 1.54) is 6.08 Å². The molecule has 1 rings (SSSR count). The van der Waals surface area contributed by atoms with Crippen LogP contribution >= 0.6 is 0 Å². The number of aldehydes is 1. The number of hydrogen-bond donors (Lipinski definition) is 0. The van der Waals surface area contributed by atoms with Crippen molar-refractivity contribution in [3.8, 4) is 0 Å². The van der Waals surface area contributed by atoms with Gasteiger partial charge in [0.15, 0.2) is 5.78 Å². The lowest BCUT2D eigenvalue weighted by molar-refractivity contribution is -0.179. The molecular weight excluding hydrogens is 248 g/mol. The van der Waals surface area contributed by atoms with Crippen LogP contribution in [-0.4, -0.2) is 35.8 Å². The van der Waals surface area contributed by atoms with Crippen molar-refractivity contribution in [1.82, 2.24) is 0 Å². The van der Waals surface area contributed by atoms with Gasteiger partial charge in [0.25, 0.3) is 0 Å². The highest BCUT2D eigenvalue weighted by molar-refractivity contribution is 6.08. The van der Waals surface area contributed by atoms with Crippen molar-refractivity contribution in [3.05, 3.63) is 11.6 Å². The number of hydrogen-bond acceptors (Lipinski definition) is 5. The Balaban J connectivity index is 2.98. The van der Waals surface area contributed by atoms with Crippen LogP contribution in [0.4, 0.5) is 0 Å².